The first-order valence-corrected chi connectivity index (χ1v) is 11.2. The minimum Gasteiger partial charge on any atom is -0.457 e. The molecule has 5 heteroatoms. The maximum atomic E-state index is 11.7. The molecule has 1 heterocycles. The van der Waals surface area contributed by atoms with Gasteiger partial charge in [-0.3, -0.25) is 0 Å². The first kappa shape index (κ1) is 23.1. The molecule has 1 saturated carbocycles. The number of rotatable bonds is 6. The van der Waals surface area contributed by atoms with Gasteiger partial charge in [-0.2, -0.15) is 0 Å². The molecule has 3 N–H and O–H groups in total. The van der Waals surface area contributed by atoms with Crippen LogP contribution in [0, 0.1) is 0 Å². The van der Waals surface area contributed by atoms with E-state index in [0.717, 1.165) is 69.7 Å². The van der Waals surface area contributed by atoms with E-state index in [4.69, 9.17) is 10.5 Å². The lowest BCUT2D eigenvalue weighted by Gasteiger charge is -2.43. The molecule has 0 aromatic heterocycles. The fourth-order valence-corrected chi connectivity index (χ4v) is 4.91. The number of piperidine rings is 1. The minimum atomic E-state index is -0.636. The third kappa shape index (κ3) is 5.76. The number of hydrogen-bond donors (Lipinski definition) is 2. The van der Waals surface area contributed by atoms with E-state index in [2.05, 4.69) is 23.1 Å². The Kier molecular flexibility index (Phi) is 8.18. The molecule has 4 nitrogen and oxygen atoms in total. The van der Waals surface area contributed by atoms with Gasteiger partial charge in [0, 0.05) is 18.5 Å². The molecular formula is C25H35ClN2O2. The molecule has 2 fully saturated rings. The van der Waals surface area contributed by atoms with Gasteiger partial charge in [0.25, 0.3) is 0 Å². The van der Waals surface area contributed by atoms with Crippen LogP contribution in [0.2, 0.25) is 0 Å². The molecule has 0 spiro atoms. The quantitative estimate of drug-likeness (QED) is 0.669. The maximum absolute atomic E-state index is 11.7. The molecular weight excluding hydrogens is 396 g/mol. The van der Waals surface area contributed by atoms with Crippen LogP contribution in [0.3, 0.4) is 0 Å². The maximum Gasteiger partial charge on any atom is 0.127 e. The number of hydrogen-bond acceptors (Lipinski definition) is 4. The Hall–Kier alpha value is -1.59. The van der Waals surface area contributed by atoms with Crippen molar-refractivity contribution >= 4 is 12.4 Å². The van der Waals surface area contributed by atoms with Crippen LogP contribution in [0.15, 0.2) is 54.6 Å². The summed E-state index contributed by atoms with van der Waals surface area (Å²) in [4.78, 5) is 2.49. The summed E-state index contributed by atoms with van der Waals surface area (Å²) in [6.45, 7) is 2.93. The first-order valence-electron chi connectivity index (χ1n) is 11.2. The van der Waals surface area contributed by atoms with Gasteiger partial charge in [-0.05, 0) is 68.6 Å². The lowest BCUT2D eigenvalue weighted by Crippen LogP contribution is -2.47. The normalized spacial score (nSPS) is 20.9. The Morgan fingerprint density at radius 3 is 2.33 bits per heavy atom. The SMILES string of the molecule is Cl.NC1CCN(CC(c2cccc(Oc3ccccc3)c2)C2(O)CCCCC2)CC1. The highest BCUT2D eigenvalue weighted by molar-refractivity contribution is 5.85. The topological polar surface area (TPSA) is 58.7 Å². The van der Waals surface area contributed by atoms with Crippen LogP contribution in [-0.2, 0) is 0 Å². The van der Waals surface area contributed by atoms with E-state index in [1.54, 1.807) is 0 Å². The van der Waals surface area contributed by atoms with Crippen molar-refractivity contribution in [3.8, 4) is 11.5 Å². The van der Waals surface area contributed by atoms with Gasteiger partial charge < -0.3 is 20.5 Å². The summed E-state index contributed by atoms with van der Waals surface area (Å²) in [7, 11) is 0. The highest BCUT2D eigenvalue weighted by Crippen LogP contribution is 2.41. The molecule has 1 saturated heterocycles. The summed E-state index contributed by atoms with van der Waals surface area (Å²) in [5, 5.41) is 11.7. The fraction of sp³-hybridized carbons (Fsp3) is 0.520. The van der Waals surface area contributed by atoms with Gasteiger partial charge in [0.15, 0.2) is 0 Å². The van der Waals surface area contributed by atoms with Gasteiger partial charge in [0.05, 0.1) is 5.60 Å². The molecule has 0 amide bonds. The molecule has 2 aliphatic rings. The van der Waals surface area contributed by atoms with E-state index in [0.29, 0.717) is 6.04 Å². The molecule has 1 aliphatic heterocycles. The molecule has 1 aliphatic carbocycles. The average molecular weight is 431 g/mol. The first-order chi connectivity index (χ1) is 14.1. The third-order valence-corrected chi connectivity index (χ3v) is 6.68. The highest BCUT2D eigenvalue weighted by atomic mass is 35.5. The molecule has 164 valence electrons. The summed E-state index contributed by atoms with van der Waals surface area (Å²) in [5.41, 5.74) is 6.65. The van der Waals surface area contributed by atoms with Gasteiger partial charge in [-0.15, -0.1) is 12.4 Å². The molecule has 2 aromatic carbocycles. The fourth-order valence-electron chi connectivity index (χ4n) is 4.91. The van der Waals surface area contributed by atoms with Crippen molar-refractivity contribution in [2.75, 3.05) is 19.6 Å². The Bertz CT molecular complexity index is 772. The lowest BCUT2D eigenvalue weighted by atomic mass is 9.72. The van der Waals surface area contributed by atoms with Gasteiger partial charge >= 0.3 is 0 Å². The highest BCUT2D eigenvalue weighted by Gasteiger charge is 2.40. The number of benzene rings is 2. The van der Waals surface area contributed by atoms with Crippen molar-refractivity contribution in [1.29, 1.82) is 0 Å². The molecule has 4 rings (SSSR count). The second-order valence-corrected chi connectivity index (χ2v) is 8.84. The molecule has 1 unspecified atom stereocenters. The third-order valence-electron chi connectivity index (χ3n) is 6.68. The van der Waals surface area contributed by atoms with Gasteiger partial charge in [0.1, 0.15) is 11.5 Å². The van der Waals surface area contributed by atoms with Crippen molar-refractivity contribution in [2.24, 2.45) is 5.73 Å². The van der Waals surface area contributed by atoms with E-state index in [1.807, 2.05) is 36.4 Å². The Morgan fingerprint density at radius 2 is 1.63 bits per heavy atom. The molecule has 30 heavy (non-hydrogen) atoms. The Morgan fingerprint density at radius 1 is 0.967 bits per heavy atom. The second-order valence-electron chi connectivity index (χ2n) is 8.84. The standard InChI is InChI=1S/C25H34N2O2.ClH/c26-21-12-16-27(17-13-21)19-24(25(28)14-5-2-6-15-25)20-8-7-11-23(18-20)29-22-9-3-1-4-10-22;/h1,3-4,7-11,18,21,24,28H,2,5-6,12-17,19,26H2;1H. The van der Waals surface area contributed by atoms with Crippen molar-refractivity contribution in [2.45, 2.75) is 62.5 Å². The molecule has 0 radical (unpaired) electrons. The smallest absolute Gasteiger partial charge is 0.127 e. The van der Waals surface area contributed by atoms with Gasteiger partial charge in [0.2, 0.25) is 0 Å². The predicted octanol–water partition coefficient (Wildman–Crippen LogP) is 5.10. The molecule has 1 atom stereocenters. The number of para-hydroxylation sites is 1. The number of nitrogens with zero attached hydrogens (tertiary/aromatic N) is 1. The summed E-state index contributed by atoms with van der Waals surface area (Å²) >= 11 is 0. The van der Waals surface area contributed by atoms with E-state index in [9.17, 15) is 5.11 Å². The number of likely N-dealkylation sites (tertiary alicyclic amines) is 1. The van der Waals surface area contributed by atoms with E-state index >= 15 is 0 Å². The summed E-state index contributed by atoms with van der Waals surface area (Å²) in [5.74, 6) is 1.76. The molecule has 0 bridgehead atoms. The lowest BCUT2D eigenvalue weighted by molar-refractivity contribution is -0.0324. The number of nitrogens with two attached hydrogens (primary N) is 1. The van der Waals surface area contributed by atoms with Gasteiger partial charge in [-0.1, -0.05) is 49.6 Å². The van der Waals surface area contributed by atoms with Crippen molar-refractivity contribution in [3.05, 3.63) is 60.2 Å². The largest absolute Gasteiger partial charge is 0.457 e. The van der Waals surface area contributed by atoms with Crippen LogP contribution < -0.4 is 10.5 Å². The number of halogens is 1. The number of aliphatic hydroxyl groups is 1. The van der Waals surface area contributed by atoms with E-state index in [-0.39, 0.29) is 18.3 Å². The van der Waals surface area contributed by atoms with E-state index < -0.39 is 5.60 Å². The zero-order valence-corrected chi connectivity index (χ0v) is 18.5. The second kappa shape index (κ2) is 10.6. The van der Waals surface area contributed by atoms with Gasteiger partial charge in [-0.25, -0.2) is 0 Å². The summed E-state index contributed by atoms with van der Waals surface area (Å²) in [6, 6.07) is 18.5. The molecule has 2 aromatic rings. The monoisotopic (exact) mass is 430 g/mol. The zero-order chi connectivity index (χ0) is 20.1. The average Bonchev–Trinajstić information content (AvgIpc) is 2.75. The van der Waals surface area contributed by atoms with Crippen LogP contribution in [0.4, 0.5) is 0 Å². The van der Waals surface area contributed by atoms with Crippen molar-refractivity contribution in [1.82, 2.24) is 4.90 Å². The van der Waals surface area contributed by atoms with Crippen LogP contribution in [0.5, 0.6) is 11.5 Å². The minimum absolute atomic E-state index is 0. The summed E-state index contributed by atoms with van der Waals surface area (Å²) < 4.78 is 6.08. The Labute approximate surface area is 186 Å². The van der Waals surface area contributed by atoms with E-state index in [1.165, 1.54) is 12.0 Å². The van der Waals surface area contributed by atoms with Crippen molar-refractivity contribution < 1.29 is 9.84 Å². The Balaban J connectivity index is 0.00000256. The van der Waals surface area contributed by atoms with Crippen LogP contribution >= 0.6 is 12.4 Å². The van der Waals surface area contributed by atoms with Crippen molar-refractivity contribution in [3.63, 3.8) is 0 Å². The zero-order valence-electron chi connectivity index (χ0n) is 17.7. The van der Waals surface area contributed by atoms with Crippen LogP contribution in [0.1, 0.15) is 56.4 Å². The van der Waals surface area contributed by atoms with Crippen LogP contribution in [0.25, 0.3) is 0 Å². The van der Waals surface area contributed by atoms with Crippen LogP contribution in [-0.4, -0.2) is 41.3 Å². The number of ether oxygens (including phenoxy) is 1. The summed E-state index contributed by atoms with van der Waals surface area (Å²) in [6.07, 6.45) is 7.30. The predicted molar refractivity (Wildman–Crippen MR) is 125 cm³/mol.